The van der Waals surface area contributed by atoms with Gasteiger partial charge in [0.1, 0.15) is 18.2 Å². The third-order valence-corrected chi connectivity index (χ3v) is 6.43. The molecule has 1 heterocycles. The van der Waals surface area contributed by atoms with E-state index in [-0.39, 0.29) is 24.2 Å². The molecule has 170 valence electrons. The first-order chi connectivity index (χ1) is 14.9. The van der Waals surface area contributed by atoms with Crippen LogP contribution in [0.1, 0.15) is 12.5 Å². The molecule has 3 N–H and O–H groups in total. The Hall–Kier alpha value is -2.07. The molecule has 0 saturated carbocycles. The molecule has 1 aliphatic heterocycles. The molecule has 0 spiro atoms. The van der Waals surface area contributed by atoms with Gasteiger partial charge in [-0.3, -0.25) is 0 Å². The van der Waals surface area contributed by atoms with Gasteiger partial charge in [0.2, 0.25) is 16.0 Å². The molecule has 1 saturated heterocycles. The first-order valence-electron chi connectivity index (χ1n) is 10.3. The quantitative estimate of drug-likeness (QED) is 0.482. The van der Waals surface area contributed by atoms with E-state index in [1.165, 1.54) is 0 Å². The minimum atomic E-state index is -4.01. The van der Waals surface area contributed by atoms with Crippen molar-refractivity contribution < 1.29 is 21.9 Å². The predicted octanol–water partition coefficient (Wildman–Crippen LogP) is 2.46. The number of likely N-dealkylation sites (N-methyl/N-ethyl adjacent to an activating group) is 1. The number of halogens is 2. The molecule has 2 aromatic carbocycles. The van der Waals surface area contributed by atoms with E-state index in [0.29, 0.717) is 42.1 Å². The molecule has 6 nitrogen and oxygen atoms in total. The van der Waals surface area contributed by atoms with Gasteiger partial charge in [0.05, 0.1) is 0 Å². The van der Waals surface area contributed by atoms with Gasteiger partial charge in [0.25, 0.3) is 0 Å². The Balaban J connectivity index is 1.85. The fraction of sp³-hybridized carbons (Fsp3) is 0.455. The molecular formula is C22H29F2N3O3S. The average molecular weight is 454 g/mol. The first-order valence-corrected chi connectivity index (χ1v) is 11.9. The number of para-hydroxylation sites is 1. The van der Waals surface area contributed by atoms with Gasteiger partial charge >= 0.3 is 0 Å². The van der Waals surface area contributed by atoms with Crippen LogP contribution in [0.4, 0.5) is 8.78 Å². The Morgan fingerprint density at radius 3 is 2.65 bits per heavy atom. The molecule has 31 heavy (non-hydrogen) atoms. The van der Waals surface area contributed by atoms with Crippen molar-refractivity contribution in [1.29, 1.82) is 0 Å². The minimum Gasteiger partial charge on any atom is -0.492 e. The third kappa shape index (κ3) is 5.79. The third-order valence-electron chi connectivity index (χ3n) is 5.51. The van der Waals surface area contributed by atoms with Gasteiger partial charge in [0.15, 0.2) is 0 Å². The van der Waals surface area contributed by atoms with Crippen LogP contribution in [0.3, 0.4) is 0 Å². The van der Waals surface area contributed by atoms with Crippen LogP contribution >= 0.6 is 0 Å². The Morgan fingerprint density at radius 1 is 1.16 bits per heavy atom. The molecule has 9 heteroatoms. The van der Waals surface area contributed by atoms with E-state index in [2.05, 4.69) is 15.4 Å². The molecule has 1 aliphatic rings. The number of hydrogen-bond donors (Lipinski definition) is 3. The Bertz CT molecular complexity index is 988. The average Bonchev–Trinajstić information content (AvgIpc) is 3.09. The molecule has 3 rings (SSSR count). The van der Waals surface area contributed by atoms with Gasteiger partial charge in [-0.1, -0.05) is 43.3 Å². The summed E-state index contributed by atoms with van der Waals surface area (Å²) in [6, 6.07) is 10.1. The van der Waals surface area contributed by atoms with Gasteiger partial charge < -0.3 is 15.4 Å². The van der Waals surface area contributed by atoms with Gasteiger partial charge in [0, 0.05) is 29.8 Å². The van der Waals surface area contributed by atoms with E-state index >= 15 is 4.39 Å². The zero-order chi connectivity index (χ0) is 22.4. The normalized spacial score (nSPS) is 21.4. The fourth-order valence-electron chi connectivity index (χ4n) is 3.88. The molecule has 0 aliphatic carbocycles. The maximum atomic E-state index is 15.5. The second-order valence-electron chi connectivity index (χ2n) is 7.79. The summed E-state index contributed by atoms with van der Waals surface area (Å²) in [7, 11) is -2.18. The largest absolute Gasteiger partial charge is 0.492 e. The number of ether oxygens (including phenoxy) is 1. The van der Waals surface area contributed by atoms with Crippen molar-refractivity contribution >= 4 is 10.0 Å². The van der Waals surface area contributed by atoms with Crippen LogP contribution in [0.5, 0.6) is 5.75 Å². The van der Waals surface area contributed by atoms with Gasteiger partial charge in [-0.05, 0) is 37.6 Å². The van der Waals surface area contributed by atoms with E-state index in [1.54, 1.807) is 24.3 Å². The molecule has 0 bridgehead atoms. The van der Waals surface area contributed by atoms with E-state index in [0.717, 1.165) is 0 Å². The van der Waals surface area contributed by atoms with Crippen LogP contribution in [0.2, 0.25) is 0 Å². The second-order valence-corrected chi connectivity index (χ2v) is 9.47. The number of hydrogen-bond acceptors (Lipinski definition) is 5. The number of sulfonamides is 1. The Labute approximate surface area is 182 Å². The van der Waals surface area contributed by atoms with E-state index in [1.807, 2.05) is 32.2 Å². The maximum Gasteiger partial charge on any atom is 0.241 e. The van der Waals surface area contributed by atoms with Crippen LogP contribution < -0.4 is 20.1 Å². The lowest BCUT2D eigenvalue weighted by Gasteiger charge is -2.23. The van der Waals surface area contributed by atoms with E-state index in [4.69, 9.17) is 4.74 Å². The smallest absolute Gasteiger partial charge is 0.241 e. The highest BCUT2D eigenvalue weighted by molar-refractivity contribution is 7.89. The molecule has 0 unspecified atom stereocenters. The SMILES string of the molecule is CNCCOc1ccccc1-c1cccc(C[C@@H]2NC[C@H](C)[C@@H]2NS(=O)(=O)CF)c1F. The summed E-state index contributed by atoms with van der Waals surface area (Å²) in [5.74, 6) is 0.175. The van der Waals surface area contributed by atoms with Gasteiger partial charge in [-0.25, -0.2) is 21.9 Å². The van der Waals surface area contributed by atoms with Crippen molar-refractivity contribution in [2.75, 3.05) is 32.8 Å². The summed E-state index contributed by atoms with van der Waals surface area (Å²) in [4.78, 5) is 0. The Kier molecular flexibility index (Phi) is 7.99. The summed E-state index contributed by atoms with van der Waals surface area (Å²) in [6.45, 7) is 3.56. The van der Waals surface area contributed by atoms with Crippen molar-refractivity contribution in [3.05, 3.63) is 53.8 Å². The van der Waals surface area contributed by atoms with Gasteiger partial charge in [-0.15, -0.1) is 0 Å². The van der Waals surface area contributed by atoms with E-state index < -0.39 is 22.1 Å². The summed E-state index contributed by atoms with van der Waals surface area (Å²) in [5, 5.41) is 6.24. The summed E-state index contributed by atoms with van der Waals surface area (Å²) in [5.41, 5.74) is 1.53. The van der Waals surface area contributed by atoms with Crippen molar-refractivity contribution in [2.45, 2.75) is 25.4 Å². The summed E-state index contributed by atoms with van der Waals surface area (Å²) < 4.78 is 60.0. The summed E-state index contributed by atoms with van der Waals surface area (Å²) in [6.07, 6.45) is 0.270. The molecule has 0 radical (unpaired) electrons. The number of alkyl halides is 1. The lowest BCUT2D eigenvalue weighted by Crippen LogP contribution is -2.47. The van der Waals surface area contributed by atoms with Crippen LogP contribution in [0.25, 0.3) is 11.1 Å². The van der Waals surface area contributed by atoms with Crippen molar-refractivity contribution in [2.24, 2.45) is 5.92 Å². The van der Waals surface area contributed by atoms with Crippen molar-refractivity contribution in [3.8, 4) is 16.9 Å². The molecule has 2 aromatic rings. The predicted molar refractivity (Wildman–Crippen MR) is 118 cm³/mol. The van der Waals surface area contributed by atoms with Gasteiger partial charge in [-0.2, -0.15) is 0 Å². The van der Waals surface area contributed by atoms with Crippen LogP contribution in [-0.4, -0.2) is 53.3 Å². The fourth-order valence-corrected chi connectivity index (χ4v) is 4.76. The molecule has 3 atom stereocenters. The topological polar surface area (TPSA) is 79.5 Å². The standard InChI is InChI=1S/C22H29F2N3O3S/c1-15-13-26-19(22(15)27-31(28,29)14-23)12-16-6-5-8-18(21(16)24)17-7-3-4-9-20(17)30-11-10-25-2/h3-9,15,19,22,25-27H,10-14H2,1-2H3/t15-,19-,22-/m0/s1. The monoisotopic (exact) mass is 453 g/mol. The molecular weight excluding hydrogens is 424 g/mol. The molecule has 1 fully saturated rings. The first kappa shape index (κ1) is 23.6. The number of nitrogens with one attached hydrogen (secondary N) is 3. The van der Waals surface area contributed by atoms with Crippen molar-refractivity contribution in [1.82, 2.24) is 15.4 Å². The minimum absolute atomic E-state index is 0.0427. The van der Waals surface area contributed by atoms with Crippen molar-refractivity contribution in [3.63, 3.8) is 0 Å². The lowest BCUT2D eigenvalue weighted by molar-refractivity contribution is 0.319. The number of benzene rings is 2. The van der Waals surface area contributed by atoms with Crippen LogP contribution in [-0.2, 0) is 16.4 Å². The highest BCUT2D eigenvalue weighted by Gasteiger charge is 2.36. The summed E-state index contributed by atoms with van der Waals surface area (Å²) >= 11 is 0. The van der Waals surface area contributed by atoms with E-state index in [9.17, 15) is 12.8 Å². The zero-order valence-corrected chi connectivity index (χ0v) is 18.5. The van der Waals surface area contributed by atoms with Crippen LogP contribution in [0, 0.1) is 11.7 Å². The maximum absolute atomic E-state index is 15.5. The zero-order valence-electron chi connectivity index (χ0n) is 17.7. The lowest BCUT2D eigenvalue weighted by atomic mass is 9.93. The highest BCUT2D eigenvalue weighted by atomic mass is 32.2. The molecule has 0 amide bonds. The molecule has 0 aromatic heterocycles. The highest BCUT2D eigenvalue weighted by Crippen LogP contribution is 2.33. The number of rotatable bonds is 10. The Morgan fingerprint density at radius 2 is 1.90 bits per heavy atom. The second kappa shape index (κ2) is 10.5. The van der Waals surface area contributed by atoms with Crippen LogP contribution in [0.15, 0.2) is 42.5 Å².